The third-order valence-corrected chi connectivity index (χ3v) is 7.26. The number of nitrogens with one attached hydrogen (secondary N) is 1. The molecule has 0 saturated carbocycles. The first-order valence-corrected chi connectivity index (χ1v) is 11.8. The van der Waals surface area contributed by atoms with Crippen LogP contribution in [0, 0.1) is 6.92 Å². The van der Waals surface area contributed by atoms with E-state index in [1.165, 1.54) is 24.3 Å². The lowest BCUT2D eigenvalue weighted by atomic mass is 10.1. The number of carbonyl (C=O) groups excluding carboxylic acids is 2. The highest BCUT2D eigenvalue weighted by molar-refractivity contribution is 7.92. The molecular formula is C23H20Cl2N2O4S. The maximum atomic E-state index is 13.4. The van der Waals surface area contributed by atoms with Crippen molar-refractivity contribution in [3.05, 3.63) is 93.5 Å². The predicted octanol–water partition coefficient (Wildman–Crippen LogP) is 4.63. The number of nitrogens with zero attached hydrogens (tertiary/aromatic N) is 1. The average Bonchev–Trinajstić information content (AvgIpc) is 2.78. The fourth-order valence-electron chi connectivity index (χ4n) is 2.99. The Morgan fingerprint density at radius 3 is 2.41 bits per heavy atom. The molecule has 1 N–H and O–H groups in total. The van der Waals surface area contributed by atoms with E-state index in [9.17, 15) is 18.0 Å². The molecule has 0 heterocycles. The second-order valence-corrected chi connectivity index (χ2v) is 9.68. The average molecular weight is 491 g/mol. The van der Waals surface area contributed by atoms with Crippen molar-refractivity contribution in [1.82, 2.24) is 5.32 Å². The summed E-state index contributed by atoms with van der Waals surface area (Å²) >= 11 is 12.4. The van der Waals surface area contributed by atoms with Gasteiger partial charge in [-0.2, -0.15) is 0 Å². The van der Waals surface area contributed by atoms with E-state index in [1.807, 2.05) is 6.92 Å². The third-order valence-electron chi connectivity index (χ3n) is 4.67. The van der Waals surface area contributed by atoms with Gasteiger partial charge in [0.15, 0.2) is 0 Å². The Morgan fingerprint density at radius 2 is 1.72 bits per heavy atom. The molecule has 0 radical (unpaired) electrons. The zero-order valence-electron chi connectivity index (χ0n) is 17.1. The van der Waals surface area contributed by atoms with Crippen LogP contribution in [0.3, 0.4) is 0 Å². The molecule has 0 aromatic heterocycles. The number of benzene rings is 3. The Kier molecular flexibility index (Phi) is 7.56. The standard InChI is InChI=1S/C23H20Cl2N2O4S/c1-16-8-10-19(11-9-16)32(30,31)27(21-7-3-6-20(24)23(21)25)14-22(29)26-13-17-4-2-5-18(12-17)15-28/h2-12,15H,13-14H2,1H3,(H,26,29). The molecule has 0 saturated heterocycles. The lowest BCUT2D eigenvalue weighted by molar-refractivity contribution is -0.119. The van der Waals surface area contributed by atoms with E-state index < -0.39 is 22.5 Å². The van der Waals surface area contributed by atoms with E-state index in [4.69, 9.17) is 23.2 Å². The highest BCUT2D eigenvalue weighted by atomic mass is 35.5. The van der Waals surface area contributed by atoms with Crippen molar-refractivity contribution < 1.29 is 18.0 Å². The molecule has 3 rings (SSSR count). The fraction of sp³-hybridized carbons (Fsp3) is 0.130. The van der Waals surface area contributed by atoms with Crippen LogP contribution in [0.25, 0.3) is 0 Å². The fourth-order valence-corrected chi connectivity index (χ4v) is 4.87. The minimum atomic E-state index is -4.12. The SMILES string of the molecule is Cc1ccc(S(=O)(=O)N(CC(=O)NCc2cccc(C=O)c2)c2cccc(Cl)c2Cl)cc1. The van der Waals surface area contributed by atoms with E-state index in [1.54, 1.807) is 42.5 Å². The second-order valence-electron chi connectivity index (χ2n) is 7.04. The van der Waals surface area contributed by atoms with Crippen molar-refractivity contribution in [2.75, 3.05) is 10.8 Å². The second kappa shape index (κ2) is 10.2. The molecule has 0 fully saturated rings. The van der Waals surface area contributed by atoms with Gasteiger partial charge in [-0.1, -0.05) is 65.2 Å². The smallest absolute Gasteiger partial charge is 0.264 e. The summed E-state index contributed by atoms with van der Waals surface area (Å²) in [5.41, 5.74) is 2.17. The van der Waals surface area contributed by atoms with Crippen molar-refractivity contribution in [3.63, 3.8) is 0 Å². The van der Waals surface area contributed by atoms with E-state index in [0.717, 1.165) is 9.87 Å². The highest BCUT2D eigenvalue weighted by Crippen LogP contribution is 2.35. The Balaban J connectivity index is 1.90. The van der Waals surface area contributed by atoms with Crippen LogP contribution in [0.4, 0.5) is 5.69 Å². The van der Waals surface area contributed by atoms with Gasteiger partial charge in [0, 0.05) is 12.1 Å². The van der Waals surface area contributed by atoms with Crippen molar-refractivity contribution in [2.45, 2.75) is 18.4 Å². The number of rotatable bonds is 8. The summed E-state index contributed by atoms with van der Waals surface area (Å²) in [5, 5.41) is 2.87. The lowest BCUT2D eigenvalue weighted by Crippen LogP contribution is -2.40. The van der Waals surface area contributed by atoms with Gasteiger partial charge in [-0.05, 0) is 42.8 Å². The minimum Gasteiger partial charge on any atom is -0.350 e. The number of halogens is 2. The normalized spacial score (nSPS) is 11.1. The van der Waals surface area contributed by atoms with Gasteiger partial charge in [0.25, 0.3) is 10.0 Å². The van der Waals surface area contributed by atoms with Crippen LogP contribution < -0.4 is 9.62 Å². The van der Waals surface area contributed by atoms with Crippen molar-refractivity contribution in [2.24, 2.45) is 0 Å². The molecule has 0 bridgehead atoms. The topological polar surface area (TPSA) is 83.6 Å². The first-order chi connectivity index (χ1) is 15.2. The number of amides is 1. The number of anilines is 1. The van der Waals surface area contributed by atoms with E-state index >= 15 is 0 Å². The van der Waals surface area contributed by atoms with Crippen LogP contribution in [-0.4, -0.2) is 27.2 Å². The van der Waals surface area contributed by atoms with Crippen LogP contribution in [-0.2, 0) is 21.4 Å². The Bertz CT molecular complexity index is 1250. The molecule has 0 atom stereocenters. The molecule has 3 aromatic carbocycles. The van der Waals surface area contributed by atoms with Crippen LogP contribution in [0.5, 0.6) is 0 Å². The largest absolute Gasteiger partial charge is 0.350 e. The number of aryl methyl sites for hydroxylation is 1. The van der Waals surface area contributed by atoms with Gasteiger partial charge >= 0.3 is 0 Å². The Labute approximate surface area is 196 Å². The zero-order chi connectivity index (χ0) is 23.3. The number of aldehydes is 1. The van der Waals surface area contributed by atoms with Gasteiger partial charge in [-0.15, -0.1) is 0 Å². The summed E-state index contributed by atoms with van der Waals surface area (Å²) in [5.74, 6) is -0.548. The van der Waals surface area contributed by atoms with E-state index in [2.05, 4.69) is 5.32 Å². The molecule has 32 heavy (non-hydrogen) atoms. The summed E-state index contributed by atoms with van der Waals surface area (Å²) in [6.45, 7) is 1.46. The number of hydrogen-bond acceptors (Lipinski definition) is 4. The molecular weight excluding hydrogens is 471 g/mol. The molecule has 166 valence electrons. The van der Waals surface area contributed by atoms with E-state index in [0.29, 0.717) is 17.4 Å². The first-order valence-electron chi connectivity index (χ1n) is 9.56. The molecule has 0 aliphatic rings. The number of sulfonamides is 1. The van der Waals surface area contributed by atoms with Gasteiger partial charge in [-0.25, -0.2) is 8.42 Å². The molecule has 0 aliphatic carbocycles. The van der Waals surface area contributed by atoms with Gasteiger partial charge in [0.2, 0.25) is 5.91 Å². The molecule has 0 spiro atoms. The summed E-state index contributed by atoms with van der Waals surface area (Å²) in [4.78, 5) is 23.7. The van der Waals surface area contributed by atoms with Gasteiger partial charge in [0.05, 0.1) is 20.6 Å². The summed E-state index contributed by atoms with van der Waals surface area (Å²) < 4.78 is 27.7. The molecule has 0 unspecified atom stereocenters. The first kappa shape index (κ1) is 23.8. The van der Waals surface area contributed by atoms with Gasteiger partial charge in [-0.3, -0.25) is 13.9 Å². The zero-order valence-corrected chi connectivity index (χ0v) is 19.4. The summed E-state index contributed by atoms with van der Waals surface area (Å²) in [7, 11) is -4.12. The van der Waals surface area contributed by atoms with Crippen molar-refractivity contribution >= 4 is 51.1 Å². The predicted molar refractivity (Wildman–Crippen MR) is 126 cm³/mol. The monoisotopic (exact) mass is 490 g/mol. The summed E-state index contributed by atoms with van der Waals surface area (Å²) in [6, 6.07) is 17.6. The van der Waals surface area contributed by atoms with Crippen LogP contribution in [0.2, 0.25) is 10.0 Å². The summed E-state index contributed by atoms with van der Waals surface area (Å²) in [6.07, 6.45) is 0.711. The Hall–Kier alpha value is -2.87. The van der Waals surface area contributed by atoms with Crippen LogP contribution in [0.15, 0.2) is 71.6 Å². The van der Waals surface area contributed by atoms with Crippen LogP contribution in [0.1, 0.15) is 21.5 Å². The molecule has 1 amide bonds. The van der Waals surface area contributed by atoms with Crippen molar-refractivity contribution in [1.29, 1.82) is 0 Å². The maximum Gasteiger partial charge on any atom is 0.264 e. The van der Waals surface area contributed by atoms with Gasteiger partial charge in [0.1, 0.15) is 12.8 Å². The van der Waals surface area contributed by atoms with Crippen LogP contribution >= 0.6 is 23.2 Å². The molecule has 6 nitrogen and oxygen atoms in total. The molecule has 9 heteroatoms. The quantitative estimate of drug-likeness (QED) is 0.466. The minimum absolute atomic E-state index is 0.0191. The lowest BCUT2D eigenvalue weighted by Gasteiger charge is -2.25. The third kappa shape index (κ3) is 5.48. The number of hydrogen-bond donors (Lipinski definition) is 1. The Morgan fingerprint density at radius 1 is 1.03 bits per heavy atom. The highest BCUT2D eigenvalue weighted by Gasteiger charge is 2.29. The number of carbonyl (C=O) groups is 2. The van der Waals surface area contributed by atoms with E-state index in [-0.39, 0.29) is 27.2 Å². The molecule has 0 aliphatic heterocycles. The molecule has 3 aromatic rings. The maximum absolute atomic E-state index is 13.4. The van der Waals surface area contributed by atoms with Gasteiger partial charge < -0.3 is 5.32 Å². The van der Waals surface area contributed by atoms with Crippen molar-refractivity contribution in [3.8, 4) is 0 Å².